The molecule has 3 atom stereocenters. The second kappa shape index (κ2) is 7.34. The van der Waals surface area contributed by atoms with Crippen LogP contribution in [0.5, 0.6) is 0 Å². The molecule has 1 N–H and O–H groups in total. The first-order valence-corrected chi connectivity index (χ1v) is 9.89. The molecule has 0 bridgehead atoms. The first-order chi connectivity index (χ1) is 11.1. The van der Waals surface area contributed by atoms with E-state index in [1.165, 1.54) is 22.8 Å². The van der Waals surface area contributed by atoms with Crippen molar-refractivity contribution in [3.63, 3.8) is 0 Å². The number of aryl methyl sites for hydroxylation is 2. The molecule has 0 spiro atoms. The summed E-state index contributed by atoms with van der Waals surface area (Å²) < 4.78 is 7.01. The number of aliphatic hydroxyl groups is 1. The van der Waals surface area contributed by atoms with Gasteiger partial charge in [-0.1, -0.05) is 46.7 Å². The molecule has 4 heteroatoms. The lowest BCUT2D eigenvalue weighted by Gasteiger charge is -2.30. The van der Waals surface area contributed by atoms with Crippen LogP contribution in [-0.2, 0) is 0 Å². The molecule has 124 valence electrons. The topological polar surface area (TPSA) is 46.3 Å². The smallest absolute Gasteiger partial charge is 0.226 e. The first kappa shape index (κ1) is 17.0. The van der Waals surface area contributed by atoms with Crippen LogP contribution in [0, 0.1) is 25.7 Å². The molecule has 3 rings (SSSR count). The Kier molecular flexibility index (Phi) is 5.42. The monoisotopic (exact) mass is 425 g/mol. The largest absolute Gasteiger partial charge is 0.441 e. The zero-order chi connectivity index (χ0) is 16.4. The molecule has 0 aliphatic heterocycles. The van der Waals surface area contributed by atoms with Crippen LogP contribution in [0.2, 0.25) is 0 Å². The van der Waals surface area contributed by atoms with E-state index < -0.39 is 6.10 Å². The Morgan fingerprint density at radius 1 is 1.26 bits per heavy atom. The number of hydrogen-bond donors (Lipinski definition) is 1. The Morgan fingerprint density at radius 2 is 2.00 bits per heavy atom. The molecule has 0 saturated heterocycles. The minimum Gasteiger partial charge on any atom is -0.441 e. The quantitative estimate of drug-likeness (QED) is 0.539. The number of nitrogens with zero attached hydrogens (tertiary/aromatic N) is 1. The predicted molar refractivity (Wildman–Crippen MR) is 101 cm³/mol. The summed E-state index contributed by atoms with van der Waals surface area (Å²) in [6, 6.07) is 8.14. The highest BCUT2D eigenvalue weighted by Crippen LogP contribution is 2.39. The van der Waals surface area contributed by atoms with Gasteiger partial charge in [-0.2, -0.15) is 0 Å². The van der Waals surface area contributed by atoms with Crippen molar-refractivity contribution in [1.29, 1.82) is 0 Å². The molecule has 1 aromatic carbocycles. The molecule has 2 aromatic rings. The molecule has 0 radical (unpaired) electrons. The van der Waals surface area contributed by atoms with Crippen molar-refractivity contribution in [3.8, 4) is 11.5 Å². The predicted octanol–water partition coefficient (Wildman–Crippen LogP) is 5.23. The van der Waals surface area contributed by atoms with Crippen molar-refractivity contribution in [1.82, 2.24) is 4.98 Å². The standard InChI is InChI=1S/C19H24INO2/c1-12-6-8-15(9-7-12)19-21-17(13(2)23-19)18(22)16-5-3-4-14(10-16)11-20/h6-9,14,16,18,22H,3-5,10-11H2,1-2H3. The summed E-state index contributed by atoms with van der Waals surface area (Å²) in [4.78, 5) is 4.62. The average molecular weight is 425 g/mol. The highest BCUT2D eigenvalue weighted by atomic mass is 127. The van der Waals surface area contributed by atoms with Gasteiger partial charge in [0.2, 0.25) is 5.89 Å². The number of rotatable bonds is 4. The lowest BCUT2D eigenvalue weighted by atomic mass is 9.78. The Bertz CT molecular complexity index is 650. The SMILES string of the molecule is Cc1ccc(-c2nc(C(O)C3CCCC(CI)C3)c(C)o2)cc1. The molecule has 3 unspecified atom stereocenters. The van der Waals surface area contributed by atoms with Crippen LogP contribution in [-0.4, -0.2) is 14.5 Å². The van der Waals surface area contributed by atoms with Crippen LogP contribution >= 0.6 is 22.6 Å². The third-order valence-electron chi connectivity index (χ3n) is 4.90. The van der Waals surface area contributed by atoms with Gasteiger partial charge in [-0.15, -0.1) is 0 Å². The van der Waals surface area contributed by atoms with Gasteiger partial charge in [-0.05, 0) is 57.1 Å². The zero-order valence-corrected chi connectivity index (χ0v) is 15.9. The number of aromatic nitrogens is 1. The van der Waals surface area contributed by atoms with Crippen molar-refractivity contribution >= 4 is 22.6 Å². The summed E-state index contributed by atoms with van der Waals surface area (Å²) in [6.45, 7) is 3.97. The van der Waals surface area contributed by atoms with Crippen LogP contribution in [0.3, 0.4) is 0 Å². The molecule has 1 aromatic heterocycles. The van der Waals surface area contributed by atoms with Gasteiger partial charge >= 0.3 is 0 Å². The molecular formula is C19H24INO2. The third kappa shape index (κ3) is 3.79. The lowest BCUT2D eigenvalue weighted by Crippen LogP contribution is -2.22. The van der Waals surface area contributed by atoms with Gasteiger partial charge in [0.25, 0.3) is 0 Å². The molecule has 1 saturated carbocycles. The summed E-state index contributed by atoms with van der Waals surface area (Å²) in [7, 11) is 0. The maximum Gasteiger partial charge on any atom is 0.226 e. The molecule has 1 aliphatic carbocycles. The summed E-state index contributed by atoms with van der Waals surface area (Å²) >= 11 is 2.46. The molecular weight excluding hydrogens is 401 g/mol. The Balaban J connectivity index is 1.81. The number of benzene rings is 1. The summed E-state index contributed by atoms with van der Waals surface area (Å²) in [5, 5.41) is 10.8. The van der Waals surface area contributed by atoms with E-state index in [0.717, 1.165) is 35.8 Å². The minimum atomic E-state index is -0.510. The van der Waals surface area contributed by atoms with Crippen LogP contribution < -0.4 is 0 Å². The molecule has 0 amide bonds. The number of aliphatic hydroxyl groups excluding tert-OH is 1. The second-order valence-corrected chi connectivity index (χ2v) is 7.60. The van der Waals surface area contributed by atoms with E-state index in [2.05, 4.69) is 46.6 Å². The van der Waals surface area contributed by atoms with Crippen molar-refractivity contribution in [2.45, 2.75) is 45.6 Å². The first-order valence-electron chi connectivity index (χ1n) is 8.37. The van der Waals surface area contributed by atoms with E-state index in [9.17, 15) is 5.11 Å². The lowest BCUT2D eigenvalue weighted by molar-refractivity contribution is 0.0684. The second-order valence-electron chi connectivity index (χ2n) is 6.72. The number of oxazole rings is 1. The molecule has 1 fully saturated rings. The molecule has 1 heterocycles. The van der Waals surface area contributed by atoms with E-state index in [0.29, 0.717) is 11.8 Å². The van der Waals surface area contributed by atoms with Crippen LogP contribution in [0.25, 0.3) is 11.5 Å². The fourth-order valence-corrected chi connectivity index (χ4v) is 4.28. The van der Waals surface area contributed by atoms with Gasteiger partial charge in [0.15, 0.2) is 0 Å². The van der Waals surface area contributed by atoms with Crippen LogP contribution in [0.15, 0.2) is 28.7 Å². The van der Waals surface area contributed by atoms with E-state index in [4.69, 9.17) is 4.42 Å². The molecule has 1 aliphatic rings. The average Bonchev–Trinajstić information content (AvgIpc) is 2.96. The normalized spacial score (nSPS) is 23.0. The number of hydrogen-bond acceptors (Lipinski definition) is 3. The van der Waals surface area contributed by atoms with Crippen LogP contribution in [0.4, 0.5) is 0 Å². The third-order valence-corrected chi connectivity index (χ3v) is 6.14. The fourth-order valence-electron chi connectivity index (χ4n) is 3.48. The van der Waals surface area contributed by atoms with Gasteiger partial charge in [0.05, 0.1) is 0 Å². The van der Waals surface area contributed by atoms with Gasteiger partial charge in [-0.25, -0.2) is 4.98 Å². The van der Waals surface area contributed by atoms with Crippen molar-refractivity contribution in [2.24, 2.45) is 11.8 Å². The highest BCUT2D eigenvalue weighted by molar-refractivity contribution is 14.1. The van der Waals surface area contributed by atoms with E-state index in [1.54, 1.807) is 0 Å². The minimum absolute atomic E-state index is 0.304. The Morgan fingerprint density at radius 3 is 2.70 bits per heavy atom. The van der Waals surface area contributed by atoms with Gasteiger partial charge < -0.3 is 9.52 Å². The van der Waals surface area contributed by atoms with E-state index in [1.807, 2.05) is 19.1 Å². The molecule has 3 nitrogen and oxygen atoms in total. The van der Waals surface area contributed by atoms with Gasteiger partial charge in [0.1, 0.15) is 17.6 Å². The Hall–Kier alpha value is -0.880. The van der Waals surface area contributed by atoms with Crippen molar-refractivity contribution < 1.29 is 9.52 Å². The maximum absolute atomic E-state index is 10.8. The number of halogens is 1. The Labute approximate surface area is 151 Å². The summed E-state index contributed by atoms with van der Waals surface area (Å²) in [5.41, 5.74) is 2.90. The maximum atomic E-state index is 10.8. The molecule has 23 heavy (non-hydrogen) atoms. The zero-order valence-electron chi connectivity index (χ0n) is 13.8. The van der Waals surface area contributed by atoms with Crippen molar-refractivity contribution in [2.75, 3.05) is 4.43 Å². The summed E-state index contributed by atoms with van der Waals surface area (Å²) in [5.74, 6) is 2.38. The van der Waals surface area contributed by atoms with Gasteiger partial charge in [-0.3, -0.25) is 0 Å². The van der Waals surface area contributed by atoms with Crippen LogP contribution in [0.1, 0.15) is 48.8 Å². The van der Waals surface area contributed by atoms with Gasteiger partial charge in [0, 0.05) is 9.99 Å². The number of alkyl halides is 1. The van der Waals surface area contributed by atoms with E-state index in [-0.39, 0.29) is 0 Å². The fraction of sp³-hybridized carbons (Fsp3) is 0.526. The van der Waals surface area contributed by atoms with Crippen molar-refractivity contribution in [3.05, 3.63) is 41.3 Å². The summed E-state index contributed by atoms with van der Waals surface area (Å²) in [6.07, 6.45) is 4.16. The highest BCUT2D eigenvalue weighted by Gasteiger charge is 2.31. The van der Waals surface area contributed by atoms with E-state index >= 15 is 0 Å².